The number of pyridine rings is 2. The van der Waals surface area contributed by atoms with Gasteiger partial charge >= 0.3 is 0 Å². The molecule has 3 aromatic heterocycles. The number of nitriles is 1. The molecular weight excluding hydrogens is 246 g/mol. The van der Waals surface area contributed by atoms with E-state index in [0.29, 0.717) is 10.7 Å². The molecule has 3 nitrogen and oxygen atoms in total. The largest absolute Gasteiger partial charge is 0.308 e. The molecule has 0 aliphatic rings. The Labute approximate surface area is 109 Å². The number of fused-ring (bicyclic) bond motifs is 1. The van der Waals surface area contributed by atoms with E-state index in [0.717, 1.165) is 16.6 Å². The number of aromatic nitrogens is 2. The topological polar surface area (TPSA) is 41.1 Å². The van der Waals surface area contributed by atoms with Gasteiger partial charge in [0.05, 0.1) is 10.5 Å². The molecule has 0 spiro atoms. The van der Waals surface area contributed by atoms with Gasteiger partial charge in [-0.15, -0.1) is 0 Å². The van der Waals surface area contributed by atoms with Crippen molar-refractivity contribution in [2.45, 2.75) is 0 Å². The van der Waals surface area contributed by atoms with E-state index in [9.17, 15) is 0 Å². The van der Waals surface area contributed by atoms with Gasteiger partial charge in [0.2, 0.25) is 0 Å². The minimum absolute atomic E-state index is 0.596. The van der Waals surface area contributed by atoms with Crippen molar-refractivity contribution in [1.29, 1.82) is 5.26 Å². The molecule has 0 aliphatic heterocycles. The van der Waals surface area contributed by atoms with Crippen molar-refractivity contribution in [2.24, 2.45) is 0 Å². The van der Waals surface area contributed by atoms with Gasteiger partial charge in [0.1, 0.15) is 11.8 Å². The van der Waals surface area contributed by atoms with E-state index in [2.05, 4.69) is 11.1 Å². The third-order valence-electron chi connectivity index (χ3n) is 2.86. The summed E-state index contributed by atoms with van der Waals surface area (Å²) in [5.74, 6) is 0. The van der Waals surface area contributed by atoms with Crippen LogP contribution in [0.3, 0.4) is 0 Å². The molecule has 0 saturated heterocycles. The molecular formula is C14H8ClN3. The van der Waals surface area contributed by atoms with Gasteiger partial charge in [-0.2, -0.15) is 5.26 Å². The van der Waals surface area contributed by atoms with E-state index in [-0.39, 0.29) is 0 Å². The first kappa shape index (κ1) is 10.8. The van der Waals surface area contributed by atoms with Crippen molar-refractivity contribution in [2.75, 3.05) is 0 Å². The van der Waals surface area contributed by atoms with Gasteiger partial charge in [-0.3, -0.25) is 4.98 Å². The van der Waals surface area contributed by atoms with Crippen LogP contribution in [0.4, 0.5) is 0 Å². The highest BCUT2D eigenvalue weighted by atomic mass is 35.5. The van der Waals surface area contributed by atoms with Gasteiger partial charge in [0, 0.05) is 29.7 Å². The molecule has 4 heteroatoms. The quantitative estimate of drug-likeness (QED) is 0.666. The summed E-state index contributed by atoms with van der Waals surface area (Å²) in [6.45, 7) is 0. The van der Waals surface area contributed by atoms with E-state index in [1.807, 2.05) is 28.8 Å². The van der Waals surface area contributed by atoms with Gasteiger partial charge in [-0.05, 0) is 30.3 Å². The number of hydrogen-bond acceptors (Lipinski definition) is 2. The Bertz CT molecular complexity index is 768. The second kappa shape index (κ2) is 4.17. The highest BCUT2D eigenvalue weighted by Crippen LogP contribution is 2.30. The minimum atomic E-state index is 0.596. The number of rotatable bonds is 1. The first-order chi connectivity index (χ1) is 8.81. The Morgan fingerprint density at radius 1 is 1.17 bits per heavy atom. The lowest BCUT2D eigenvalue weighted by Gasteiger charge is -2.07. The Balaban J connectivity index is 2.36. The maximum atomic E-state index is 9.06. The van der Waals surface area contributed by atoms with Crippen LogP contribution in [0, 0.1) is 11.3 Å². The fraction of sp³-hybridized carbons (Fsp3) is 0. The van der Waals surface area contributed by atoms with Crippen molar-refractivity contribution in [3.05, 3.63) is 59.6 Å². The van der Waals surface area contributed by atoms with E-state index >= 15 is 0 Å². The lowest BCUT2D eigenvalue weighted by atomic mass is 10.1. The zero-order valence-electron chi connectivity index (χ0n) is 9.34. The summed E-state index contributed by atoms with van der Waals surface area (Å²) in [4.78, 5) is 4.10. The van der Waals surface area contributed by atoms with Crippen LogP contribution in [0.1, 0.15) is 5.69 Å². The molecule has 86 valence electrons. The summed E-state index contributed by atoms with van der Waals surface area (Å²) in [7, 11) is 0. The van der Waals surface area contributed by atoms with Gasteiger partial charge in [0.25, 0.3) is 0 Å². The molecule has 0 N–H and O–H groups in total. The van der Waals surface area contributed by atoms with Gasteiger partial charge in [-0.1, -0.05) is 11.6 Å². The van der Waals surface area contributed by atoms with E-state index in [4.69, 9.17) is 16.9 Å². The fourth-order valence-corrected chi connectivity index (χ4v) is 2.24. The van der Waals surface area contributed by atoms with Crippen LogP contribution in [-0.2, 0) is 0 Å². The molecule has 0 radical (unpaired) electrons. The molecule has 0 saturated carbocycles. The number of halogens is 1. The predicted octanol–water partition coefficient (Wildman–Crippen LogP) is 3.53. The summed E-state index contributed by atoms with van der Waals surface area (Å²) in [6, 6.07) is 11.5. The molecule has 0 fully saturated rings. The molecule has 0 aromatic carbocycles. The zero-order chi connectivity index (χ0) is 12.5. The van der Waals surface area contributed by atoms with Crippen molar-refractivity contribution in [3.8, 4) is 17.2 Å². The lowest BCUT2D eigenvalue weighted by molar-refractivity contribution is 1.15. The van der Waals surface area contributed by atoms with Gasteiger partial charge in [-0.25, -0.2) is 0 Å². The average Bonchev–Trinajstić information content (AvgIpc) is 2.88. The second-order valence-corrected chi connectivity index (χ2v) is 4.27. The normalized spacial score (nSPS) is 10.4. The maximum Gasteiger partial charge on any atom is 0.124 e. The van der Waals surface area contributed by atoms with E-state index in [1.54, 1.807) is 24.5 Å². The fourth-order valence-electron chi connectivity index (χ4n) is 2.03. The molecule has 3 rings (SSSR count). The van der Waals surface area contributed by atoms with Crippen molar-refractivity contribution >= 4 is 17.1 Å². The minimum Gasteiger partial charge on any atom is -0.308 e. The summed E-state index contributed by atoms with van der Waals surface area (Å²) in [5.41, 5.74) is 3.38. The lowest BCUT2D eigenvalue weighted by Crippen LogP contribution is -1.93. The molecule has 3 aromatic rings. The van der Waals surface area contributed by atoms with Crippen LogP contribution in [0.25, 0.3) is 16.6 Å². The Morgan fingerprint density at radius 2 is 2.06 bits per heavy atom. The Kier molecular flexibility index (Phi) is 2.51. The number of nitrogens with zero attached hydrogens (tertiary/aromatic N) is 3. The first-order valence-electron chi connectivity index (χ1n) is 5.41. The summed E-state index contributed by atoms with van der Waals surface area (Å²) in [6.07, 6.45) is 5.25. The Morgan fingerprint density at radius 3 is 2.83 bits per heavy atom. The van der Waals surface area contributed by atoms with E-state index < -0.39 is 0 Å². The second-order valence-electron chi connectivity index (χ2n) is 3.86. The average molecular weight is 254 g/mol. The molecule has 3 heterocycles. The van der Waals surface area contributed by atoms with Gasteiger partial charge < -0.3 is 4.40 Å². The van der Waals surface area contributed by atoms with Crippen molar-refractivity contribution < 1.29 is 0 Å². The van der Waals surface area contributed by atoms with Crippen LogP contribution in [-0.4, -0.2) is 9.38 Å². The van der Waals surface area contributed by atoms with Crippen LogP contribution in [0.5, 0.6) is 0 Å². The van der Waals surface area contributed by atoms with Crippen LogP contribution in [0.15, 0.2) is 48.9 Å². The predicted molar refractivity (Wildman–Crippen MR) is 70.4 cm³/mol. The first-order valence-corrected chi connectivity index (χ1v) is 5.79. The van der Waals surface area contributed by atoms with Crippen LogP contribution in [0.2, 0.25) is 5.02 Å². The monoisotopic (exact) mass is 253 g/mol. The highest BCUT2D eigenvalue weighted by Gasteiger charge is 2.09. The molecule has 0 bridgehead atoms. The Hall–Kier alpha value is -2.31. The van der Waals surface area contributed by atoms with Crippen LogP contribution < -0.4 is 0 Å². The highest BCUT2D eigenvalue weighted by molar-refractivity contribution is 6.33. The van der Waals surface area contributed by atoms with Crippen molar-refractivity contribution in [3.63, 3.8) is 0 Å². The third-order valence-corrected chi connectivity index (χ3v) is 3.19. The van der Waals surface area contributed by atoms with Crippen molar-refractivity contribution in [1.82, 2.24) is 9.38 Å². The van der Waals surface area contributed by atoms with Crippen LogP contribution >= 0.6 is 11.6 Å². The molecule has 0 unspecified atom stereocenters. The summed E-state index contributed by atoms with van der Waals surface area (Å²) in [5, 5.41) is 9.71. The van der Waals surface area contributed by atoms with E-state index in [1.165, 1.54) is 0 Å². The molecule has 0 atom stereocenters. The summed E-state index contributed by atoms with van der Waals surface area (Å²) < 4.78 is 1.85. The molecule has 0 aliphatic carbocycles. The smallest absolute Gasteiger partial charge is 0.124 e. The standard InChI is InChI=1S/C14H8ClN3/c15-13-5-6-17-9-12(13)11-4-3-10(8-16)18-7-1-2-14(11)18/h1-7,9H. The van der Waals surface area contributed by atoms with Gasteiger partial charge in [0.15, 0.2) is 0 Å². The SMILES string of the molecule is N#Cc1ccc(-c2cnccc2Cl)c2cccn12. The third kappa shape index (κ3) is 1.55. The number of hydrogen-bond donors (Lipinski definition) is 0. The summed E-state index contributed by atoms with van der Waals surface area (Å²) >= 11 is 6.19. The molecule has 0 amide bonds. The zero-order valence-corrected chi connectivity index (χ0v) is 10.1. The molecule has 18 heavy (non-hydrogen) atoms. The maximum absolute atomic E-state index is 9.06.